The number of nitrogens with one attached hydrogen (secondary N) is 2. The highest BCUT2D eigenvalue weighted by atomic mass is 32.1. The van der Waals surface area contributed by atoms with Gasteiger partial charge in [0.2, 0.25) is 16.9 Å². The molecule has 0 saturated carbocycles. The number of nitrogens with zero attached hydrogens (tertiary/aromatic N) is 4. The number of unbranched alkanes of at least 4 members (excludes halogenated alkanes) is 1. The van der Waals surface area contributed by atoms with Gasteiger partial charge in [-0.3, -0.25) is 14.4 Å². The second kappa shape index (κ2) is 15.5. The molecule has 4 aromatic rings. The molecule has 1 atom stereocenters. The normalized spacial score (nSPS) is 11.5. The Morgan fingerprint density at radius 1 is 0.810 bits per heavy atom. The topological polar surface area (TPSA) is 136 Å². The third-order valence-electron chi connectivity index (χ3n) is 6.57. The molecular weight excluding hydrogens is 552 g/mol. The van der Waals surface area contributed by atoms with Crippen molar-refractivity contribution in [3.8, 4) is 0 Å². The van der Waals surface area contributed by atoms with Crippen LogP contribution in [-0.4, -0.2) is 45.3 Å². The van der Waals surface area contributed by atoms with Gasteiger partial charge in [0.1, 0.15) is 5.01 Å². The minimum absolute atomic E-state index is 0.00701. The van der Waals surface area contributed by atoms with Gasteiger partial charge in [-0.1, -0.05) is 72.9 Å². The number of carbonyl (C=O) groups excluding carboxylic acids is 3. The highest BCUT2D eigenvalue weighted by Gasteiger charge is 2.13. The Hall–Kier alpha value is -4.51. The van der Waals surface area contributed by atoms with E-state index in [1.54, 1.807) is 6.07 Å². The summed E-state index contributed by atoms with van der Waals surface area (Å²) in [6, 6.07) is 20.8. The number of hydrogen-bond acceptors (Lipinski definition) is 9. The number of carbonyl (C=O) groups is 3. The number of aryl methyl sites for hydroxylation is 2. The molecule has 0 fully saturated rings. The fourth-order valence-electron chi connectivity index (χ4n) is 4.33. The minimum atomic E-state index is -0.264. The number of esters is 1. The molecular formula is C31H34N6O4S. The number of aromatic nitrogens is 4. The van der Waals surface area contributed by atoms with Gasteiger partial charge in [0.25, 0.3) is 0 Å². The number of rotatable bonds is 14. The van der Waals surface area contributed by atoms with Crippen LogP contribution in [-0.2, 0) is 44.8 Å². The molecule has 0 saturated heterocycles. The molecule has 0 aliphatic rings. The van der Waals surface area contributed by atoms with Crippen molar-refractivity contribution in [3.63, 3.8) is 0 Å². The number of hydrogen-bond donors (Lipinski definition) is 2. The molecule has 2 heterocycles. The molecule has 2 amide bonds. The highest BCUT2D eigenvalue weighted by Crippen LogP contribution is 2.21. The van der Waals surface area contributed by atoms with Gasteiger partial charge in [0.15, 0.2) is 5.82 Å². The van der Waals surface area contributed by atoms with Crippen molar-refractivity contribution < 1.29 is 19.1 Å². The fraction of sp³-hybridized carbons (Fsp3) is 0.323. The monoisotopic (exact) mass is 586 g/mol. The third-order valence-corrected chi connectivity index (χ3v) is 7.47. The average molecular weight is 587 g/mol. The van der Waals surface area contributed by atoms with E-state index in [1.165, 1.54) is 18.4 Å². The lowest BCUT2D eigenvalue weighted by Gasteiger charge is -2.12. The summed E-state index contributed by atoms with van der Waals surface area (Å²) in [4.78, 5) is 36.4. The van der Waals surface area contributed by atoms with Crippen molar-refractivity contribution in [2.75, 3.05) is 17.7 Å². The van der Waals surface area contributed by atoms with Crippen LogP contribution in [0.1, 0.15) is 59.5 Å². The van der Waals surface area contributed by atoms with Crippen LogP contribution < -0.4 is 10.6 Å². The van der Waals surface area contributed by atoms with Gasteiger partial charge < -0.3 is 15.4 Å². The van der Waals surface area contributed by atoms with Crippen molar-refractivity contribution in [2.24, 2.45) is 0 Å². The van der Waals surface area contributed by atoms with Gasteiger partial charge in [-0.25, -0.2) is 0 Å². The summed E-state index contributed by atoms with van der Waals surface area (Å²) in [5, 5.41) is 23.7. The summed E-state index contributed by atoms with van der Waals surface area (Å²) in [7, 11) is 1.38. The molecule has 2 aromatic carbocycles. The summed E-state index contributed by atoms with van der Waals surface area (Å²) in [6.07, 6.45) is 4.06. The first-order valence-electron chi connectivity index (χ1n) is 13.8. The summed E-state index contributed by atoms with van der Waals surface area (Å²) >= 11 is 1.39. The predicted octanol–water partition coefficient (Wildman–Crippen LogP) is 4.92. The minimum Gasteiger partial charge on any atom is -0.469 e. The Labute approximate surface area is 249 Å². The molecule has 0 bridgehead atoms. The van der Waals surface area contributed by atoms with Gasteiger partial charge >= 0.3 is 5.97 Å². The smallest absolute Gasteiger partial charge is 0.306 e. The summed E-state index contributed by atoms with van der Waals surface area (Å²) in [6.45, 7) is 1.95. The third kappa shape index (κ3) is 9.84. The van der Waals surface area contributed by atoms with Gasteiger partial charge in [-0.05, 0) is 54.0 Å². The summed E-state index contributed by atoms with van der Waals surface area (Å²) in [5.41, 5.74) is 3.62. The van der Waals surface area contributed by atoms with E-state index in [9.17, 15) is 14.4 Å². The number of amides is 2. The largest absolute Gasteiger partial charge is 0.469 e. The predicted molar refractivity (Wildman–Crippen MR) is 161 cm³/mol. The van der Waals surface area contributed by atoms with Crippen LogP contribution in [0.25, 0.3) is 0 Å². The fourth-order valence-corrected chi connectivity index (χ4v) is 5.12. The first kappa shape index (κ1) is 30.4. The van der Waals surface area contributed by atoms with Crippen molar-refractivity contribution in [1.29, 1.82) is 0 Å². The molecule has 2 aromatic heterocycles. The zero-order chi connectivity index (χ0) is 29.7. The number of ether oxygens (including phenoxy) is 1. The molecule has 0 spiro atoms. The van der Waals surface area contributed by atoms with Crippen molar-refractivity contribution >= 4 is 40.1 Å². The van der Waals surface area contributed by atoms with Crippen LogP contribution in [0, 0.1) is 0 Å². The van der Waals surface area contributed by atoms with Crippen molar-refractivity contribution in [1.82, 2.24) is 20.4 Å². The van der Waals surface area contributed by atoms with Crippen LogP contribution in [0.15, 0.2) is 66.7 Å². The zero-order valence-corrected chi connectivity index (χ0v) is 24.5. The standard InChI is InChI=1S/C31H34N6O4S/c1-21(17-30(40)41-2)24-12-8-11-23(18-24)20-27(38)32-26-16-15-25(34-35-26)13-6-7-14-29-36-37-31(42-29)33-28(39)19-22-9-4-3-5-10-22/h3-5,8-12,15-16,18,21H,6-7,13-14,17,19-20H2,1-2H3,(H,32,35,38)(H,33,37,39). The molecule has 0 radical (unpaired) electrons. The first-order valence-corrected chi connectivity index (χ1v) is 14.6. The van der Waals surface area contributed by atoms with Crippen molar-refractivity contribution in [3.05, 3.63) is 94.1 Å². The van der Waals surface area contributed by atoms with E-state index in [1.807, 2.05) is 67.6 Å². The molecule has 1 unspecified atom stereocenters. The maximum absolute atomic E-state index is 12.6. The molecule has 0 aliphatic carbocycles. The van der Waals surface area contributed by atoms with E-state index in [2.05, 4.69) is 31.0 Å². The maximum Gasteiger partial charge on any atom is 0.306 e. The van der Waals surface area contributed by atoms with Crippen LogP contribution in [0.3, 0.4) is 0 Å². The van der Waals surface area contributed by atoms with E-state index >= 15 is 0 Å². The Morgan fingerprint density at radius 3 is 2.31 bits per heavy atom. The quantitative estimate of drug-likeness (QED) is 0.157. The van der Waals surface area contributed by atoms with E-state index in [-0.39, 0.29) is 36.5 Å². The molecule has 11 heteroatoms. The second-order valence-corrected chi connectivity index (χ2v) is 11.0. The molecule has 42 heavy (non-hydrogen) atoms. The summed E-state index contributed by atoms with van der Waals surface area (Å²) < 4.78 is 4.75. The highest BCUT2D eigenvalue weighted by molar-refractivity contribution is 7.15. The van der Waals surface area contributed by atoms with E-state index in [0.717, 1.165) is 53.1 Å². The Balaban J connectivity index is 1.16. The lowest BCUT2D eigenvalue weighted by atomic mass is 9.95. The van der Waals surface area contributed by atoms with Crippen LogP contribution >= 0.6 is 11.3 Å². The summed E-state index contributed by atoms with van der Waals surface area (Å²) in [5.74, 6) is -0.178. The molecule has 4 rings (SSSR count). The average Bonchev–Trinajstić information content (AvgIpc) is 3.43. The lowest BCUT2D eigenvalue weighted by Crippen LogP contribution is -2.16. The van der Waals surface area contributed by atoms with Crippen LogP contribution in [0.2, 0.25) is 0 Å². The lowest BCUT2D eigenvalue weighted by molar-refractivity contribution is -0.141. The van der Waals surface area contributed by atoms with Gasteiger partial charge in [-0.2, -0.15) is 5.10 Å². The molecule has 2 N–H and O–H groups in total. The number of anilines is 2. The number of methoxy groups -OCH3 is 1. The second-order valence-electron chi connectivity index (χ2n) is 9.98. The molecule has 10 nitrogen and oxygen atoms in total. The Kier molecular flexibility index (Phi) is 11.2. The zero-order valence-electron chi connectivity index (χ0n) is 23.7. The van der Waals surface area contributed by atoms with Crippen molar-refractivity contribution in [2.45, 2.75) is 57.8 Å². The van der Waals surface area contributed by atoms with E-state index < -0.39 is 0 Å². The van der Waals surface area contributed by atoms with Crippen LogP contribution in [0.4, 0.5) is 10.9 Å². The number of benzene rings is 2. The van der Waals surface area contributed by atoms with E-state index in [0.29, 0.717) is 17.4 Å². The Morgan fingerprint density at radius 2 is 1.55 bits per heavy atom. The first-order chi connectivity index (χ1) is 20.4. The van der Waals surface area contributed by atoms with Gasteiger partial charge in [0.05, 0.1) is 32.1 Å². The molecule has 0 aliphatic heterocycles. The Bertz CT molecular complexity index is 1480. The maximum atomic E-state index is 12.6. The molecule has 218 valence electrons. The SMILES string of the molecule is COC(=O)CC(C)c1cccc(CC(=O)Nc2ccc(CCCCc3nnc(NC(=O)Cc4ccccc4)s3)nn2)c1. The van der Waals surface area contributed by atoms with E-state index in [4.69, 9.17) is 4.74 Å². The van der Waals surface area contributed by atoms with Gasteiger partial charge in [-0.15, -0.1) is 15.3 Å². The van der Waals surface area contributed by atoms with Crippen LogP contribution in [0.5, 0.6) is 0 Å². The van der Waals surface area contributed by atoms with Gasteiger partial charge in [0, 0.05) is 6.42 Å².